The van der Waals surface area contributed by atoms with Crippen LogP contribution in [0.4, 0.5) is 0 Å². The van der Waals surface area contributed by atoms with Gasteiger partial charge in [0.05, 0.1) is 0 Å². The highest BCUT2D eigenvalue weighted by Gasteiger charge is 2.16. The standard InChI is InChI=1S/C9H12BrN3/c10-8-1-2-11-5-7(8)9-6-12-3-4-13-9/h1-2,5,9,12-13H,3-4,6H2. The minimum atomic E-state index is 0.386. The first kappa shape index (κ1) is 9.12. The third kappa shape index (κ3) is 2.07. The molecule has 0 radical (unpaired) electrons. The molecule has 1 aromatic heterocycles. The maximum absolute atomic E-state index is 4.12. The number of piperazine rings is 1. The third-order valence-electron chi connectivity index (χ3n) is 2.21. The summed E-state index contributed by atoms with van der Waals surface area (Å²) in [6.45, 7) is 3.05. The Kier molecular flexibility index (Phi) is 2.93. The van der Waals surface area contributed by atoms with E-state index in [0.717, 1.165) is 24.1 Å². The van der Waals surface area contributed by atoms with Gasteiger partial charge in [-0.15, -0.1) is 0 Å². The molecule has 1 aliphatic rings. The fourth-order valence-corrected chi connectivity index (χ4v) is 2.02. The summed E-state index contributed by atoms with van der Waals surface area (Å²) in [5, 5.41) is 6.79. The zero-order valence-corrected chi connectivity index (χ0v) is 8.84. The molecule has 0 amide bonds. The summed E-state index contributed by atoms with van der Waals surface area (Å²) in [5.41, 5.74) is 1.23. The summed E-state index contributed by atoms with van der Waals surface area (Å²) in [6.07, 6.45) is 3.71. The van der Waals surface area contributed by atoms with Gasteiger partial charge in [-0.3, -0.25) is 4.98 Å². The van der Waals surface area contributed by atoms with Crippen LogP contribution in [-0.4, -0.2) is 24.6 Å². The third-order valence-corrected chi connectivity index (χ3v) is 2.93. The van der Waals surface area contributed by atoms with E-state index in [4.69, 9.17) is 0 Å². The number of pyridine rings is 1. The monoisotopic (exact) mass is 241 g/mol. The van der Waals surface area contributed by atoms with Crippen LogP contribution in [0.5, 0.6) is 0 Å². The van der Waals surface area contributed by atoms with Gasteiger partial charge in [-0.1, -0.05) is 15.9 Å². The lowest BCUT2D eigenvalue weighted by Crippen LogP contribution is -2.42. The Balaban J connectivity index is 2.18. The second-order valence-electron chi connectivity index (χ2n) is 3.11. The first-order chi connectivity index (χ1) is 6.38. The van der Waals surface area contributed by atoms with Crippen molar-refractivity contribution < 1.29 is 0 Å². The van der Waals surface area contributed by atoms with E-state index in [0.29, 0.717) is 6.04 Å². The molecule has 1 fully saturated rings. The molecule has 0 spiro atoms. The number of hydrogen-bond acceptors (Lipinski definition) is 3. The first-order valence-corrected chi connectivity index (χ1v) is 5.21. The molecule has 0 bridgehead atoms. The molecule has 2 N–H and O–H groups in total. The van der Waals surface area contributed by atoms with Gasteiger partial charge in [-0.05, 0) is 6.07 Å². The van der Waals surface area contributed by atoms with Crippen LogP contribution in [-0.2, 0) is 0 Å². The highest BCUT2D eigenvalue weighted by Crippen LogP contribution is 2.22. The Morgan fingerprint density at radius 1 is 1.46 bits per heavy atom. The highest BCUT2D eigenvalue weighted by molar-refractivity contribution is 9.10. The number of aromatic nitrogens is 1. The number of rotatable bonds is 1. The minimum absolute atomic E-state index is 0.386. The second-order valence-corrected chi connectivity index (χ2v) is 3.96. The zero-order valence-electron chi connectivity index (χ0n) is 7.26. The SMILES string of the molecule is Brc1ccncc1C1CNCCN1. The molecule has 1 aromatic rings. The quantitative estimate of drug-likeness (QED) is 0.773. The number of nitrogens with one attached hydrogen (secondary N) is 2. The molecular formula is C9H12BrN3. The number of halogens is 1. The lowest BCUT2D eigenvalue weighted by molar-refractivity contribution is 0.428. The van der Waals surface area contributed by atoms with Gasteiger partial charge in [0.15, 0.2) is 0 Å². The van der Waals surface area contributed by atoms with E-state index in [-0.39, 0.29) is 0 Å². The Labute approximate surface area is 86.1 Å². The van der Waals surface area contributed by atoms with E-state index >= 15 is 0 Å². The smallest absolute Gasteiger partial charge is 0.0473 e. The molecule has 4 heteroatoms. The fraction of sp³-hybridized carbons (Fsp3) is 0.444. The Hall–Kier alpha value is -0.450. The largest absolute Gasteiger partial charge is 0.314 e. The topological polar surface area (TPSA) is 37.0 Å². The summed E-state index contributed by atoms with van der Waals surface area (Å²) in [6, 6.07) is 2.36. The number of nitrogens with zero attached hydrogens (tertiary/aromatic N) is 1. The molecule has 1 unspecified atom stereocenters. The molecule has 1 aliphatic heterocycles. The van der Waals surface area contributed by atoms with E-state index in [2.05, 4.69) is 31.5 Å². The van der Waals surface area contributed by atoms with Crippen molar-refractivity contribution in [3.63, 3.8) is 0 Å². The van der Waals surface area contributed by atoms with Crippen molar-refractivity contribution in [3.05, 3.63) is 28.5 Å². The van der Waals surface area contributed by atoms with Crippen LogP contribution in [0.1, 0.15) is 11.6 Å². The van der Waals surface area contributed by atoms with Gasteiger partial charge in [0.1, 0.15) is 0 Å². The molecule has 2 heterocycles. The van der Waals surface area contributed by atoms with Crippen molar-refractivity contribution in [1.82, 2.24) is 15.6 Å². The molecular weight excluding hydrogens is 230 g/mol. The number of hydrogen-bond donors (Lipinski definition) is 2. The normalized spacial score (nSPS) is 23.0. The minimum Gasteiger partial charge on any atom is -0.314 e. The van der Waals surface area contributed by atoms with Crippen molar-refractivity contribution in [2.75, 3.05) is 19.6 Å². The van der Waals surface area contributed by atoms with Gasteiger partial charge < -0.3 is 10.6 Å². The molecule has 0 aliphatic carbocycles. The van der Waals surface area contributed by atoms with Crippen LogP contribution in [0.3, 0.4) is 0 Å². The summed E-state index contributed by atoms with van der Waals surface area (Å²) in [5.74, 6) is 0. The van der Waals surface area contributed by atoms with Crippen molar-refractivity contribution in [1.29, 1.82) is 0 Å². The molecule has 0 saturated carbocycles. The first-order valence-electron chi connectivity index (χ1n) is 4.41. The van der Waals surface area contributed by atoms with Crippen molar-refractivity contribution in [2.45, 2.75) is 6.04 Å². The Morgan fingerprint density at radius 3 is 3.08 bits per heavy atom. The van der Waals surface area contributed by atoms with Gasteiger partial charge in [-0.25, -0.2) is 0 Å². The maximum atomic E-state index is 4.12. The van der Waals surface area contributed by atoms with E-state index in [1.165, 1.54) is 5.56 Å². The van der Waals surface area contributed by atoms with E-state index < -0.39 is 0 Å². The summed E-state index contributed by atoms with van der Waals surface area (Å²) in [7, 11) is 0. The van der Waals surface area contributed by atoms with Crippen LogP contribution in [0.25, 0.3) is 0 Å². The van der Waals surface area contributed by atoms with Crippen molar-refractivity contribution >= 4 is 15.9 Å². The molecule has 70 valence electrons. The van der Waals surface area contributed by atoms with Crippen LogP contribution in [0.15, 0.2) is 22.9 Å². The summed E-state index contributed by atoms with van der Waals surface area (Å²) in [4.78, 5) is 4.12. The second kappa shape index (κ2) is 4.17. The average Bonchev–Trinajstić information content (AvgIpc) is 2.20. The lowest BCUT2D eigenvalue weighted by atomic mass is 10.1. The Bertz CT molecular complexity index is 284. The molecule has 13 heavy (non-hydrogen) atoms. The molecule has 3 nitrogen and oxygen atoms in total. The van der Waals surface area contributed by atoms with Gasteiger partial charge in [-0.2, -0.15) is 0 Å². The van der Waals surface area contributed by atoms with Gasteiger partial charge >= 0.3 is 0 Å². The van der Waals surface area contributed by atoms with Crippen molar-refractivity contribution in [3.8, 4) is 0 Å². The van der Waals surface area contributed by atoms with Gasteiger partial charge in [0.2, 0.25) is 0 Å². The average molecular weight is 242 g/mol. The predicted octanol–water partition coefficient (Wildman–Crippen LogP) is 1.08. The maximum Gasteiger partial charge on any atom is 0.0473 e. The van der Waals surface area contributed by atoms with E-state index in [1.807, 2.05) is 12.3 Å². The molecule has 0 aromatic carbocycles. The lowest BCUT2D eigenvalue weighted by Gasteiger charge is -2.25. The van der Waals surface area contributed by atoms with Gasteiger partial charge in [0.25, 0.3) is 0 Å². The Morgan fingerprint density at radius 2 is 2.38 bits per heavy atom. The molecule has 1 saturated heterocycles. The summed E-state index contributed by atoms with van der Waals surface area (Å²) < 4.78 is 1.13. The molecule has 1 atom stereocenters. The molecule has 2 rings (SSSR count). The van der Waals surface area contributed by atoms with E-state index in [1.54, 1.807) is 6.20 Å². The predicted molar refractivity (Wildman–Crippen MR) is 55.6 cm³/mol. The summed E-state index contributed by atoms with van der Waals surface area (Å²) >= 11 is 3.52. The van der Waals surface area contributed by atoms with Crippen LogP contribution >= 0.6 is 15.9 Å². The van der Waals surface area contributed by atoms with Crippen LogP contribution in [0.2, 0.25) is 0 Å². The fourth-order valence-electron chi connectivity index (χ4n) is 1.52. The van der Waals surface area contributed by atoms with Crippen molar-refractivity contribution in [2.24, 2.45) is 0 Å². The van der Waals surface area contributed by atoms with Crippen LogP contribution in [0, 0.1) is 0 Å². The van der Waals surface area contributed by atoms with Gasteiger partial charge in [0, 0.05) is 48.1 Å². The van der Waals surface area contributed by atoms with Crippen LogP contribution < -0.4 is 10.6 Å². The zero-order chi connectivity index (χ0) is 9.10. The van der Waals surface area contributed by atoms with E-state index in [9.17, 15) is 0 Å². The highest BCUT2D eigenvalue weighted by atomic mass is 79.9.